The minimum atomic E-state index is -0.477. The molecule has 0 aromatic heterocycles. The Morgan fingerprint density at radius 1 is 1.27 bits per heavy atom. The van der Waals surface area contributed by atoms with Gasteiger partial charge in [0.05, 0.1) is 25.4 Å². The fourth-order valence-electron chi connectivity index (χ4n) is 3.48. The molecule has 2 atom stereocenters. The molecular formula is C19H28ClFN2O3. The quantitative estimate of drug-likeness (QED) is 0.741. The van der Waals surface area contributed by atoms with Crippen LogP contribution >= 0.6 is 11.6 Å². The van der Waals surface area contributed by atoms with Crippen molar-refractivity contribution in [3.63, 3.8) is 0 Å². The predicted octanol–water partition coefficient (Wildman–Crippen LogP) is 2.15. The van der Waals surface area contributed by atoms with E-state index in [1.807, 2.05) is 0 Å². The molecule has 2 fully saturated rings. The van der Waals surface area contributed by atoms with Crippen LogP contribution in [-0.2, 0) is 16.0 Å². The molecule has 0 saturated carbocycles. The van der Waals surface area contributed by atoms with Crippen molar-refractivity contribution in [1.82, 2.24) is 9.80 Å². The van der Waals surface area contributed by atoms with Crippen LogP contribution in [0.1, 0.15) is 18.4 Å². The maximum atomic E-state index is 13.1. The first-order valence-electron chi connectivity index (χ1n) is 9.36. The summed E-state index contributed by atoms with van der Waals surface area (Å²) in [4.78, 5) is 4.55. The number of aliphatic hydroxyl groups excluding tert-OH is 1. The van der Waals surface area contributed by atoms with Gasteiger partial charge in [0.25, 0.3) is 0 Å². The van der Waals surface area contributed by atoms with Gasteiger partial charge in [0, 0.05) is 50.9 Å². The Morgan fingerprint density at radius 2 is 2.04 bits per heavy atom. The fourth-order valence-corrected chi connectivity index (χ4v) is 3.71. The zero-order chi connectivity index (χ0) is 18.4. The Kier molecular flexibility index (Phi) is 7.66. The van der Waals surface area contributed by atoms with Crippen LogP contribution in [0, 0.1) is 5.82 Å². The molecular weight excluding hydrogens is 359 g/mol. The maximum absolute atomic E-state index is 13.1. The third kappa shape index (κ3) is 6.15. The molecule has 0 bridgehead atoms. The van der Waals surface area contributed by atoms with E-state index in [1.165, 1.54) is 12.1 Å². The first-order valence-corrected chi connectivity index (χ1v) is 9.74. The van der Waals surface area contributed by atoms with Crippen LogP contribution < -0.4 is 0 Å². The number of hydrogen-bond donors (Lipinski definition) is 1. The van der Waals surface area contributed by atoms with E-state index < -0.39 is 6.10 Å². The Hall–Kier alpha value is -0.760. The van der Waals surface area contributed by atoms with Crippen LogP contribution in [0.15, 0.2) is 18.2 Å². The topological polar surface area (TPSA) is 45.2 Å². The van der Waals surface area contributed by atoms with Crippen LogP contribution in [0.3, 0.4) is 0 Å². The molecule has 26 heavy (non-hydrogen) atoms. The molecule has 2 aliphatic heterocycles. The maximum Gasteiger partial charge on any atom is 0.124 e. The number of halogens is 2. The normalized spacial score (nSPS) is 23.4. The number of ether oxygens (including phenoxy) is 2. The van der Waals surface area contributed by atoms with Gasteiger partial charge in [-0.2, -0.15) is 0 Å². The lowest BCUT2D eigenvalue weighted by molar-refractivity contribution is -0.0287. The average molecular weight is 387 g/mol. The zero-order valence-corrected chi connectivity index (χ0v) is 15.8. The number of nitrogens with zero attached hydrogens (tertiary/aromatic N) is 2. The van der Waals surface area contributed by atoms with Crippen LogP contribution in [0.25, 0.3) is 0 Å². The smallest absolute Gasteiger partial charge is 0.124 e. The number of aliphatic hydroxyl groups is 1. The monoisotopic (exact) mass is 386 g/mol. The first-order chi connectivity index (χ1) is 12.6. The summed E-state index contributed by atoms with van der Waals surface area (Å²) in [6.45, 7) is 6.67. The van der Waals surface area contributed by atoms with Gasteiger partial charge in [0.15, 0.2) is 0 Å². The number of benzene rings is 1. The lowest BCUT2D eigenvalue weighted by Gasteiger charge is -2.35. The molecule has 0 aliphatic carbocycles. The van der Waals surface area contributed by atoms with Crippen molar-refractivity contribution in [2.75, 3.05) is 52.5 Å². The molecule has 5 nitrogen and oxygen atoms in total. The second-order valence-corrected chi connectivity index (χ2v) is 7.55. The highest BCUT2D eigenvalue weighted by Gasteiger charge is 2.21. The second-order valence-electron chi connectivity index (χ2n) is 7.14. The van der Waals surface area contributed by atoms with Crippen molar-refractivity contribution in [2.45, 2.75) is 31.6 Å². The Labute approximate surface area is 159 Å². The standard InChI is InChI=1S/C19H28ClFN2O3/c20-19-10-16(21)4-3-15(19)11-22-5-7-23(8-6-22)12-17(24)13-25-14-18-2-1-9-26-18/h3-4,10,17-18,24H,1-2,5-9,11-14H2. The molecule has 2 saturated heterocycles. The molecule has 2 heterocycles. The highest BCUT2D eigenvalue weighted by molar-refractivity contribution is 6.31. The summed E-state index contributed by atoms with van der Waals surface area (Å²) < 4.78 is 24.2. The molecule has 1 aromatic rings. The van der Waals surface area contributed by atoms with E-state index in [0.717, 1.165) is 57.7 Å². The van der Waals surface area contributed by atoms with Crippen LogP contribution in [0.2, 0.25) is 5.02 Å². The summed E-state index contributed by atoms with van der Waals surface area (Å²) in [6, 6.07) is 4.56. The largest absolute Gasteiger partial charge is 0.389 e. The average Bonchev–Trinajstić information content (AvgIpc) is 3.12. The van der Waals surface area contributed by atoms with Gasteiger partial charge >= 0.3 is 0 Å². The molecule has 0 radical (unpaired) electrons. The minimum Gasteiger partial charge on any atom is -0.389 e. The summed E-state index contributed by atoms with van der Waals surface area (Å²) in [5.74, 6) is -0.306. The van der Waals surface area contributed by atoms with Gasteiger partial charge in [0.1, 0.15) is 5.82 Å². The highest BCUT2D eigenvalue weighted by Crippen LogP contribution is 2.20. The van der Waals surface area contributed by atoms with Gasteiger partial charge in [-0.15, -0.1) is 0 Å². The van der Waals surface area contributed by atoms with Crippen molar-refractivity contribution in [3.05, 3.63) is 34.6 Å². The molecule has 146 valence electrons. The molecule has 0 amide bonds. The third-order valence-corrected chi connectivity index (χ3v) is 5.33. The molecule has 2 unspecified atom stereocenters. The predicted molar refractivity (Wildman–Crippen MR) is 98.9 cm³/mol. The van der Waals surface area contributed by atoms with E-state index in [9.17, 15) is 9.50 Å². The van der Waals surface area contributed by atoms with Gasteiger partial charge < -0.3 is 14.6 Å². The van der Waals surface area contributed by atoms with Gasteiger partial charge in [-0.3, -0.25) is 9.80 Å². The first kappa shape index (κ1) is 20.0. The molecule has 1 N–H and O–H groups in total. The molecule has 7 heteroatoms. The third-order valence-electron chi connectivity index (χ3n) is 4.98. The lowest BCUT2D eigenvalue weighted by Crippen LogP contribution is -2.48. The molecule has 1 aromatic carbocycles. The van der Waals surface area contributed by atoms with Gasteiger partial charge in [0.2, 0.25) is 0 Å². The summed E-state index contributed by atoms with van der Waals surface area (Å²) in [7, 11) is 0. The van der Waals surface area contributed by atoms with E-state index in [0.29, 0.717) is 24.8 Å². The van der Waals surface area contributed by atoms with E-state index >= 15 is 0 Å². The molecule has 2 aliphatic rings. The Balaban J connectivity index is 1.32. The summed E-state index contributed by atoms with van der Waals surface area (Å²) in [6.07, 6.45) is 1.87. The lowest BCUT2D eigenvalue weighted by atomic mass is 10.2. The SMILES string of the molecule is OC(COCC1CCCO1)CN1CCN(Cc2ccc(F)cc2Cl)CC1. The van der Waals surface area contributed by atoms with Crippen LogP contribution in [0.4, 0.5) is 4.39 Å². The summed E-state index contributed by atoms with van der Waals surface area (Å²) >= 11 is 6.11. The van der Waals surface area contributed by atoms with Crippen LogP contribution in [0.5, 0.6) is 0 Å². The number of piperazine rings is 1. The Morgan fingerprint density at radius 3 is 2.73 bits per heavy atom. The van der Waals surface area contributed by atoms with E-state index in [1.54, 1.807) is 6.07 Å². The van der Waals surface area contributed by atoms with Crippen molar-refractivity contribution in [3.8, 4) is 0 Å². The highest BCUT2D eigenvalue weighted by atomic mass is 35.5. The summed E-state index contributed by atoms with van der Waals surface area (Å²) in [5.41, 5.74) is 0.948. The number of β-amino-alcohol motifs (C(OH)–C–C–N with tert-alkyl or cyclic N) is 1. The Bertz CT molecular complexity index is 564. The summed E-state index contributed by atoms with van der Waals surface area (Å²) in [5, 5.41) is 10.6. The van der Waals surface area contributed by atoms with E-state index in [4.69, 9.17) is 21.1 Å². The van der Waals surface area contributed by atoms with Crippen LogP contribution in [-0.4, -0.2) is 79.7 Å². The van der Waals surface area contributed by atoms with Crippen molar-refractivity contribution in [2.24, 2.45) is 0 Å². The van der Waals surface area contributed by atoms with E-state index in [2.05, 4.69) is 9.80 Å². The van der Waals surface area contributed by atoms with Crippen molar-refractivity contribution < 1.29 is 19.0 Å². The van der Waals surface area contributed by atoms with Crippen molar-refractivity contribution in [1.29, 1.82) is 0 Å². The van der Waals surface area contributed by atoms with Gasteiger partial charge in [-0.1, -0.05) is 17.7 Å². The zero-order valence-electron chi connectivity index (χ0n) is 15.1. The van der Waals surface area contributed by atoms with Crippen molar-refractivity contribution >= 4 is 11.6 Å². The molecule has 0 spiro atoms. The second kappa shape index (κ2) is 9.97. The number of hydrogen-bond acceptors (Lipinski definition) is 5. The minimum absolute atomic E-state index is 0.198. The van der Waals surface area contributed by atoms with Gasteiger partial charge in [-0.05, 0) is 30.5 Å². The number of rotatable bonds is 8. The van der Waals surface area contributed by atoms with Gasteiger partial charge in [-0.25, -0.2) is 4.39 Å². The fraction of sp³-hybridized carbons (Fsp3) is 0.684. The van der Waals surface area contributed by atoms with E-state index in [-0.39, 0.29) is 11.9 Å². The molecule has 3 rings (SSSR count).